The molecule has 2 aromatic heterocycles. The molecule has 4 aromatic rings. The number of aromatic nitrogens is 2. The molecule has 1 aliphatic heterocycles. The first-order valence-electron chi connectivity index (χ1n) is 9.41. The van der Waals surface area contributed by atoms with Crippen LogP contribution in [0, 0.1) is 0 Å². The minimum absolute atomic E-state index is 0.124. The van der Waals surface area contributed by atoms with E-state index in [1.54, 1.807) is 0 Å². The summed E-state index contributed by atoms with van der Waals surface area (Å²) in [5, 5.41) is 10.6. The van der Waals surface area contributed by atoms with E-state index in [2.05, 4.69) is 9.97 Å². The average molecular weight is 538 g/mol. The number of esters is 1. The van der Waals surface area contributed by atoms with Crippen molar-refractivity contribution in [3.05, 3.63) is 59.2 Å². The zero-order chi connectivity index (χ0) is 23.0. The van der Waals surface area contributed by atoms with Crippen molar-refractivity contribution in [2.24, 2.45) is 0 Å². The Hall–Kier alpha value is -2.05. The van der Waals surface area contributed by atoms with Crippen LogP contribution in [-0.2, 0) is 18.6 Å². The zero-order valence-electron chi connectivity index (χ0n) is 16.5. The molecule has 0 saturated carbocycles. The van der Waals surface area contributed by atoms with Crippen molar-refractivity contribution < 1.29 is 28.6 Å². The predicted octanol–water partition coefficient (Wildman–Crippen LogP) is 5.52. The highest BCUT2D eigenvalue weighted by molar-refractivity contribution is 8.05. The van der Waals surface area contributed by atoms with Gasteiger partial charge in [-0.1, -0.05) is 47.8 Å². The van der Waals surface area contributed by atoms with Gasteiger partial charge in [-0.25, -0.2) is 14.8 Å². The highest BCUT2D eigenvalue weighted by Gasteiger charge is 2.51. The highest BCUT2D eigenvalue weighted by atomic mass is 32.2. The first-order valence-corrected chi connectivity index (χ1v) is 14.0. The van der Waals surface area contributed by atoms with Gasteiger partial charge in [-0.15, -0.1) is 32.1 Å². The van der Waals surface area contributed by atoms with E-state index >= 15 is 0 Å². The van der Waals surface area contributed by atoms with Crippen LogP contribution in [0.5, 0.6) is 0 Å². The predicted molar refractivity (Wildman–Crippen MR) is 130 cm³/mol. The molecule has 8 nitrogen and oxygen atoms in total. The normalized spacial score (nSPS) is 18.9. The molecule has 0 radical (unpaired) electrons. The first kappa shape index (κ1) is 22.7. The number of thioether (sulfide) groups is 2. The Morgan fingerprint density at radius 3 is 2.27 bits per heavy atom. The number of nitrogens with zero attached hydrogens (tertiary/aromatic N) is 2. The van der Waals surface area contributed by atoms with Crippen LogP contribution in [0.15, 0.2) is 67.9 Å². The van der Waals surface area contributed by atoms with E-state index in [-0.39, 0.29) is 10.7 Å². The van der Waals surface area contributed by atoms with Gasteiger partial charge in [0.2, 0.25) is 5.76 Å². The summed E-state index contributed by atoms with van der Waals surface area (Å²) >= 11 is 5.29. The fourth-order valence-corrected chi connectivity index (χ4v) is 8.02. The SMILES string of the molecule is O=C1OC(CO[P+](=O)O)(CSc2nc3ccccc3s2)C(Sc2nc3ccccc3s2)=C1O. The minimum atomic E-state index is -2.94. The van der Waals surface area contributed by atoms with Crippen LogP contribution in [0.2, 0.25) is 0 Å². The van der Waals surface area contributed by atoms with E-state index in [1.807, 2.05) is 48.5 Å². The Balaban J connectivity index is 1.47. The van der Waals surface area contributed by atoms with Crippen LogP contribution < -0.4 is 0 Å². The van der Waals surface area contributed by atoms with Gasteiger partial charge in [0.25, 0.3) is 0 Å². The Morgan fingerprint density at radius 1 is 1.03 bits per heavy atom. The van der Waals surface area contributed by atoms with Crippen molar-refractivity contribution in [1.82, 2.24) is 9.97 Å². The number of hydrogen-bond acceptors (Lipinski definition) is 11. The molecule has 0 saturated heterocycles. The summed E-state index contributed by atoms with van der Waals surface area (Å²) in [6.07, 6.45) is 0. The maximum Gasteiger partial charge on any atom is 0.694 e. The average Bonchev–Trinajstić information content (AvgIpc) is 3.47. The minimum Gasteiger partial charge on any atom is -0.501 e. The van der Waals surface area contributed by atoms with E-state index in [4.69, 9.17) is 9.26 Å². The quantitative estimate of drug-likeness (QED) is 0.169. The lowest BCUT2D eigenvalue weighted by Gasteiger charge is -2.26. The number of ether oxygens (including phenoxy) is 1. The zero-order valence-corrected chi connectivity index (χ0v) is 20.7. The number of aliphatic hydroxyl groups is 1. The number of aliphatic hydroxyl groups excluding tert-OH is 1. The van der Waals surface area contributed by atoms with Crippen molar-refractivity contribution in [2.45, 2.75) is 14.3 Å². The second kappa shape index (κ2) is 9.30. The topological polar surface area (TPSA) is 119 Å². The molecule has 1 aliphatic rings. The van der Waals surface area contributed by atoms with Gasteiger partial charge in [0.15, 0.2) is 20.9 Å². The van der Waals surface area contributed by atoms with Gasteiger partial charge in [0.05, 0.1) is 25.3 Å². The van der Waals surface area contributed by atoms with Crippen molar-refractivity contribution in [2.75, 3.05) is 12.4 Å². The van der Waals surface area contributed by atoms with Gasteiger partial charge in [-0.3, -0.25) is 0 Å². The Bertz CT molecular complexity index is 1350. The molecule has 33 heavy (non-hydrogen) atoms. The third kappa shape index (κ3) is 4.65. The summed E-state index contributed by atoms with van der Waals surface area (Å²) in [7, 11) is -2.94. The second-order valence-corrected chi connectivity index (χ2v) is 12.1. The van der Waals surface area contributed by atoms with Gasteiger partial charge in [0.1, 0.15) is 0 Å². The third-order valence-corrected chi connectivity index (χ3v) is 9.79. The number of hydrogen-bond donors (Lipinski definition) is 2. The number of benzene rings is 2. The maximum atomic E-state index is 12.4. The first-order chi connectivity index (χ1) is 15.9. The lowest BCUT2D eigenvalue weighted by molar-refractivity contribution is -0.149. The summed E-state index contributed by atoms with van der Waals surface area (Å²) < 4.78 is 25.1. The molecule has 0 aliphatic carbocycles. The van der Waals surface area contributed by atoms with Crippen molar-refractivity contribution in [3.63, 3.8) is 0 Å². The molecule has 2 aromatic carbocycles. The summed E-state index contributed by atoms with van der Waals surface area (Å²) in [5.41, 5.74) is 0.166. The molecular formula is C20H14N2O6PS4+. The molecule has 0 spiro atoms. The molecule has 2 atom stereocenters. The van der Waals surface area contributed by atoms with Crippen LogP contribution in [0.3, 0.4) is 0 Å². The smallest absolute Gasteiger partial charge is 0.501 e. The summed E-state index contributed by atoms with van der Waals surface area (Å²) in [5.74, 6) is -1.35. The molecule has 13 heteroatoms. The molecule has 0 fully saturated rings. The molecule has 2 N–H and O–H groups in total. The van der Waals surface area contributed by atoms with Crippen molar-refractivity contribution >= 4 is 80.9 Å². The molecule has 5 rings (SSSR count). The van der Waals surface area contributed by atoms with E-state index in [0.29, 0.717) is 4.34 Å². The monoisotopic (exact) mass is 537 g/mol. The number of carbonyl (C=O) groups is 1. The van der Waals surface area contributed by atoms with Gasteiger partial charge in [0, 0.05) is 10.3 Å². The lowest BCUT2D eigenvalue weighted by Crippen LogP contribution is -2.39. The van der Waals surface area contributed by atoms with E-state index < -0.39 is 32.2 Å². The van der Waals surface area contributed by atoms with Crippen molar-refractivity contribution in [1.29, 1.82) is 0 Å². The van der Waals surface area contributed by atoms with Crippen LogP contribution >= 0.6 is 54.5 Å². The summed E-state index contributed by atoms with van der Waals surface area (Å²) in [6.45, 7) is -0.403. The summed E-state index contributed by atoms with van der Waals surface area (Å²) in [4.78, 5) is 30.9. The molecule has 168 valence electrons. The van der Waals surface area contributed by atoms with Gasteiger partial charge in [-0.2, -0.15) is 0 Å². The number of rotatable bonds is 8. The Kier molecular flexibility index (Phi) is 6.41. The van der Waals surface area contributed by atoms with E-state index in [9.17, 15) is 19.4 Å². The fraction of sp³-hybridized carbons (Fsp3) is 0.150. The number of para-hydroxylation sites is 2. The van der Waals surface area contributed by atoms with E-state index in [0.717, 1.165) is 36.5 Å². The molecule has 0 bridgehead atoms. The Morgan fingerprint density at radius 2 is 1.64 bits per heavy atom. The van der Waals surface area contributed by atoms with Crippen LogP contribution in [-0.4, -0.2) is 43.9 Å². The largest absolute Gasteiger partial charge is 0.694 e. The van der Waals surface area contributed by atoms with Crippen LogP contribution in [0.4, 0.5) is 0 Å². The maximum absolute atomic E-state index is 12.4. The van der Waals surface area contributed by atoms with Gasteiger partial charge in [-0.05, 0) is 24.3 Å². The number of cyclic esters (lactones) is 1. The number of fused-ring (bicyclic) bond motifs is 2. The molecule has 3 heterocycles. The van der Waals surface area contributed by atoms with Gasteiger partial charge >= 0.3 is 14.2 Å². The van der Waals surface area contributed by atoms with Crippen molar-refractivity contribution in [3.8, 4) is 0 Å². The second-order valence-electron chi connectivity index (χ2n) is 6.86. The van der Waals surface area contributed by atoms with Gasteiger partial charge < -0.3 is 9.84 Å². The number of carbonyl (C=O) groups excluding carboxylic acids is 1. The molecular weight excluding hydrogens is 523 g/mol. The molecule has 2 unspecified atom stereocenters. The lowest BCUT2D eigenvalue weighted by atomic mass is 10.1. The standard InChI is InChI=1S/C20H13N2O6PS4/c23-15-16(33-19-22-12-6-2-4-8-14(12)32-19)20(28-17(15)24,9-27-29(25)26)10-30-18-21-11-5-1-3-7-13(11)31-18/h1-8H,9-10H2,(H-,23,25,26)/p+1. The van der Waals surface area contributed by atoms with Crippen LogP contribution in [0.25, 0.3) is 20.4 Å². The van der Waals surface area contributed by atoms with Crippen LogP contribution in [0.1, 0.15) is 0 Å². The highest BCUT2D eigenvalue weighted by Crippen LogP contribution is 2.48. The third-order valence-electron chi connectivity index (χ3n) is 4.69. The molecule has 0 amide bonds. The number of thiazole rings is 2. The Labute approximate surface area is 204 Å². The summed E-state index contributed by atoms with van der Waals surface area (Å²) in [6, 6.07) is 15.3. The van der Waals surface area contributed by atoms with E-state index in [1.165, 1.54) is 34.4 Å². The fourth-order valence-electron chi connectivity index (χ4n) is 3.19.